The van der Waals surface area contributed by atoms with Gasteiger partial charge in [-0.05, 0) is 49.3 Å². The van der Waals surface area contributed by atoms with Crippen LogP contribution >= 0.6 is 0 Å². The number of hydrogen-bond donors (Lipinski definition) is 0. The minimum atomic E-state index is -0.947. The average molecular weight is 252 g/mol. The predicted octanol–water partition coefficient (Wildman–Crippen LogP) is 4.36. The number of rotatable bonds is 2. The summed E-state index contributed by atoms with van der Waals surface area (Å²) in [5.41, 5.74) is 0.587. The lowest BCUT2D eigenvalue weighted by molar-refractivity contribution is 0.0837. The van der Waals surface area contributed by atoms with Crippen LogP contribution < -0.4 is 0 Å². The molecule has 0 N–H and O–H groups in total. The van der Waals surface area contributed by atoms with E-state index in [2.05, 4.69) is 13.8 Å². The molecule has 1 aromatic rings. The first kappa shape index (κ1) is 13.2. The molecule has 1 fully saturated rings. The minimum absolute atomic E-state index is 0.0390. The maximum atomic E-state index is 13.1. The van der Waals surface area contributed by atoms with Crippen LogP contribution in [0.3, 0.4) is 0 Å². The van der Waals surface area contributed by atoms with E-state index in [9.17, 15) is 13.6 Å². The van der Waals surface area contributed by atoms with E-state index in [1.807, 2.05) is 0 Å². The highest BCUT2D eigenvalue weighted by Gasteiger charge is 2.31. The molecule has 0 amide bonds. The van der Waals surface area contributed by atoms with Crippen molar-refractivity contribution in [2.45, 2.75) is 39.5 Å². The van der Waals surface area contributed by atoms with Crippen LogP contribution in [0.1, 0.15) is 49.9 Å². The zero-order chi connectivity index (χ0) is 13.3. The highest BCUT2D eigenvalue weighted by atomic mass is 19.2. The molecule has 0 aliphatic heterocycles. The van der Waals surface area contributed by atoms with Gasteiger partial charge in [-0.2, -0.15) is 0 Å². The van der Waals surface area contributed by atoms with E-state index in [1.165, 1.54) is 6.07 Å². The van der Waals surface area contributed by atoms with E-state index in [0.717, 1.165) is 37.8 Å². The maximum absolute atomic E-state index is 13.1. The quantitative estimate of drug-likeness (QED) is 0.714. The van der Waals surface area contributed by atoms with Crippen molar-refractivity contribution in [3.8, 4) is 0 Å². The summed E-state index contributed by atoms with van der Waals surface area (Å²) in [4.78, 5) is 12.2. The lowest BCUT2D eigenvalue weighted by Crippen LogP contribution is -2.26. The third-order valence-corrected chi connectivity index (χ3v) is 3.91. The molecular weight excluding hydrogens is 234 g/mol. The van der Waals surface area contributed by atoms with Crippen LogP contribution in [0.5, 0.6) is 0 Å². The largest absolute Gasteiger partial charge is 0.294 e. The first-order valence-electron chi connectivity index (χ1n) is 6.38. The molecule has 1 nitrogen and oxygen atoms in total. The summed E-state index contributed by atoms with van der Waals surface area (Å²) < 4.78 is 25.9. The van der Waals surface area contributed by atoms with Gasteiger partial charge in [-0.3, -0.25) is 4.79 Å². The molecule has 0 saturated heterocycles. The van der Waals surface area contributed by atoms with Crippen molar-refractivity contribution in [1.29, 1.82) is 0 Å². The SMILES string of the molecule is CC1(C)CCC(C(=O)c2ccc(F)c(F)c2)CC1. The molecular formula is C15H18F2O. The first-order chi connectivity index (χ1) is 8.39. The Kier molecular flexibility index (Phi) is 3.51. The van der Waals surface area contributed by atoms with Crippen molar-refractivity contribution in [1.82, 2.24) is 0 Å². The van der Waals surface area contributed by atoms with E-state index < -0.39 is 11.6 Å². The third-order valence-electron chi connectivity index (χ3n) is 3.91. The standard InChI is InChI=1S/C15H18F2O/c1-15(2)7-5-10(6-8-15)14(18)11-3-4-12(16)13(17)9-11/h3-4,9-10H,5-8H2,1-2H3. The fourth-order valence-corrected chi connectivity index (χ4v) is 2.55. The summed E-state index contributed by atoms with van der Waals surface area (Å²) >= 11 is 0. The number of hydrogen-bond acceptors (Lipinski definition) is 1. The normalized spacial score (nSPS) is 19.8. The van der Waals surface area contributed by atoms with Gasteiger partial charge >= 0.3 is 0 Å². The second kappa shape index (κ2) is 4.79. The molecule has 1 saturated carbocycles. The molecule has 0 atom stereocenters. The molecule has 0 spiro atoms. The van der Waals surface area contributed by atoms with Crippen molar-refractivity contribution in [2.24, 2.45) is 11.3 Å². The molecule has 18 heavy (non-hydrogen) atoms. The Labute approximate surface area is 106 Å². The van der Waals surface area contributed by atoms with Crippen molar-refractivity contribution >= 4 is 5.78 Å². The van der Waals surface area contributed by atoms with Gasteiger partial charge in [0.25, 0.3) is 0 Å². The van der Waals surface area contributed by atoms with Gasteiger partial charge in [0.15, 0.2) is 17.4 Å². The molecule has 1 aliphatic rings. The second-order valence-electron chi connectivity index (χ2n) is 5.93. The predicted molar refractivity (Wildman–Crippen MR) is 66.4 cm³/mol. The molecule has 0 aromatic heterocycles. The molecule has 1 aliphatic carbocycles. The van der Waals surface area contributed by atoms with E-state index >= 15 is 0 Å². The van der Waals surface area contributed by atoms with Gasteiger partial charge in [0.05, 0.1) is 0 Å². The number of carbonyl (C=O) groups excluding carboxylic acids is 1. The van der Waals surface area contributed by atoms with Crippen molar-refractivity contribution in [3.05, 3.63) is 35.4 Å². The Morgan fingerprint density at radius 3 is 2.33 bits per heavy atom. The lowest BCUT2D eigenvalue weighted by atomic mass is 9.71. The smallest absolute Gasteiger partial charge is 0.166 e. The van der Waals surface area contributed by atoms with Crippen LogP contribution in [0.15, 0.2) is 18.2 Å². The molecule has 2 rings (SSSR count). The van der Waals surface area contributed by atoms with Crippen molar-refractivity contribution < 1.29 is 13.6 Å². The summed E-state index contributed by atoms with van der Waals surface area (Å²) in [6.45, 7) is 4.40. The van der Waals surface area contributed by atoms with Gasteiger partial charge in [-0.15, -0.1) is 0 Å². The van der Waals surface area contributed by atoms with Crippen LogP contribution in [0, 0.1) is 23.0 Å². The molecule has 0 unspecified atom stereocenters. The number of benzene rings is 1. The van der Waals surface area contributed by atoms with Gasteiger partial charge in [0.2, 0.25) is 0 Å². The number of Topliss-reactive ketones (excluding diaryl/α,β-unsaturated/α-hetero) is 1. The number of carbonyl (C=O) groups is 1. The van der Waals surface area contributed by atoms with Gasteiger partial charge < -0.3 is 0 Å². The Morgan fingerprint density at radius 2 is 1.78 bits per heavy atom. The molecule has 98 valence electrons. The van der Waals surface area contributed by atoms with Gasteiger partial charge in [0.1, 0.15) is 0 Å². The summed E-state index contributed by atoms with van der Waals surface area (Å²) in [5.74, 6) is -1.94. The van der Waals surface area contributed by atoms with Crippen LogP contribution in [-0.2, 0) is 0 Å². The first-order valence-corrected chi connectivity index (χ1v) is 6.38. The minimum Gasteiger partial charge on any atom is -0.294 e. The second-order valence-corrected chi connectivity index (χ2v) is 5.93. The molecule has 3 heteroatoms. The zero-order valence-corrected chi connectivity index (χ0v) is 10.8. The van der Waals surface area contributed by atoms with Gasteiger partial charge in [-0.1, -0.05) is 13.8 Å². The maximum Gasteiger partial charge on any atom is 0.166 e. The van der Waals surface area contributed by atoms with Crippen molar-refractivity contribution in [2.75, 3.05) is 0 Å². The molecule has 0 radical (unpaired) electrons. The fraction of sp³-hybridized carbons (Fsp3) is 0.533. The average Bonchev–Trinajstić information content (AvgIpc) is 2.32. The van der Waals surface area contributed by atoms with E-state index in [-0.39, 0.29) is 11.7 Å². The summed E-state index contributed by atoms with van der Waals surface area (Å²) in [6.07, 6.45) is 3.69. The van der Waals surface area contributed by atoms with Crippen LogP contribution in [0.4, 0.5) is 8.78 Å². The monoisotopic (exact) mass is 252 g/mol. The highest BCUT2D eigenvalue weighted by molar-refractivity contribution is 5.97. The van der Waals surface area contributed by atoms with E-state index in [4.69, 9.17) is 0 Å². The molecule has 1 aromatic carbocycles. The molecule has 0 heterocycles. The number of ketones is 1. The highest BCUT2D eigenvalue weighted by Crippen LogP contribution is 2.39. The summed E-state index contributed by atoms with van der Waals surface area (Å²) in [7, 11) is 0. The van der Waals surface area contributed by atoms with Gasteiger partial charge in [-0.25, -0.2) is 8.78 Å². The summed E-state index contributed by atoms with van der Waals surface area (Å²) in [5, 5.41) is 0. The Hall–Kier alpha value is -1.25. The lowest BCUT2D eigenvalue weighted by Gasteiger charge is -2.33. The van der Waals surface area contributed by atoms with Crippen molar-refractivity contribution in [3.63, 3.8) is 0 Å². The Balaban J connectivity index is 2.10. The van der Waals surface area contributed by atoms with Gasteiger partial charge in [0, 0.05) is 11.5 Å². The fourth-order valence-electron chi connectivity index (χ4n) is 2.55. The Morgan fingerprint density at radius 1 is 1.17 bits per heavy atom. The third kappa shape index (κ3) is 2.77. The summed E-state index contributed by atoms with van der Waals surface area (Å²) in [6, 6.07) is 3.41. The topological polar surface area (TPSA) is 17.1 Å². The Bertz CT molecular complexity index is 456. The van der Waals surface area contributed by atoms with Crippen LogP contribution in [0.25, 0.3) is 0 Å². The number of halogens is 2. The van der Waals surface area contributed by atoms with E-state index in [1.54, 1.807) is 0 Å². The van der Waals surface area contributed by atoms with Crippen LogP contribution in [-0.4, -0.2) is 5.78 Å². The molecule has 0 bridgehead atoms. The zero-order valence-electron chi connectivity index (χ0n) is 10.8. The van der Waals surface area contributed by atoms with Crippen LogP contribution in [0.2, 0.25) is 0 Å². The van der Waals surface area contributed by atoms with E-state index in [0.29, 0.717) is 11.0 Å².